The van der Waals surface area contributed by atoms with E-state index in [2.05, 4.69) is 5.32 Å². The minimum absolute atomic E-state index is 0.0397. The van der Waals surface area contributed by atoms with Gasteiger partial charge in [-0.25, -0.2) is 0 Å². The summed E-state index contributed by atoms with van der Waals surface area (Å²) >= 11 is 0. The van der Waals surface area contributed by atoms with Crippen molar-refractivity contribution in [2.24, 2.45) is 0 Å². The quantitative estimate of drug-likeness (QED) is 0.730. The summed E-state index contributed by atoms with van der Waals surface area (Å²) in [5, 5.41) is 12.0. The fourth-order valence-corrected chi connectivity index (χ4v) is 1.57. The predicted octanol–water partition coefficient (Wildman–Crippen LogP) is 0.833. The van der Waals surface area contributed by atoms with Gasteiger partial charge in [-0.1, -0.05) is 6.92 Å². The van der Waals surface area contributed by atoms with Gasteiger partial charge in [0, 0.05) is 6.61 Å². The smallest absolute Gasteiger partial charge is 0.249 e. The van der Waals surface area contributed by atoms with Gasteiger partial charge in [0.2, 0.25) is 5.91 Å². The zero-order valence-electron chi connectivity index (χ0n) is 9.58. The van der Waals surface area contributed by atoms with Gasteiger partial charge in [-0.15, -0.1) is 0 Å². The van der Waals surface area contributed by atoms with E-state index in [4.69, 9.17) is 4.74 Å². The van der Waals surface area contributed by atoms with Gasteiger partial charge in [-0.05, 0) is 32.6 Å². The van der Waals surface area contributed by atoms with Crippen molar-refractivity contribution in [2.45, 2.75) is 51.2 Å². The third kappa shape index (κ3) is 3.47. The first-order valence-corrected chi connectivity index (χ1v) is 5.66. The number of hydrogen-bond acceptors (Lipinski definition) is 3. The van der Waals surface area contributed by atoms with Gasteiger partial charge in [-0.3, -0.25) is 4.79 Å². The zero-order chi connectivity index (χ0) is 11.3. The molecule has 0 aromatic carbocycles. The molecule has 0 aromatic heterocycles. The zero-order valence-corrected chi connectivity index (χ0v) is 9.58. The Morgan fingerprint density at radius 3 is 2.80 bits per heavy atom. The summed E-state index contributed by atoms with van der Waals surface area (Å²) in [6, 6.07) is 0. The largest absolute Gasteiger partial charge is 0.394 e. The van der Waals surface area contributed by atoms with E-state index in [0.29, 0.717) is 13.0 Å². The molecule has 2 unspecified atom stereocenters. The van der Waals surface area contributed by atoms with E-state index in [1.165, 1.54) is 0 Å². The van der Waals surface area contributed by atoms with E-state index in [9.17, 15) is 9.90 Å². The molecule has 1 fully saturated rings. The van der Waals surface area contributed by atoms with Gasteiger partial charge in [0.15, 0.2) is 0 Å². The monoisotopic (exact) mass is 215 g/mol. The van der Waals surface area contributed by atoms with Crippen LogP contribution < -0.4 is 5.32 Å². The van der Waals surface area contributed by atoms with Gasteiger partial charge < -0.3 is 15.2 Å². The van der Waals surface area contributed by atoms with E-state index in [-0.39, 0.29) is 18.6 Å². The Morgan fingerprint density at radius 1 is 1.60 bits per heavy atom. The molecule has 0 bridgehead atoms. The molecule has 4 nitrogen and oxygen atoms in total. The van der Waals surface area contributed by atoms with Crippen molar-refractivity contribution in [1.29, 1.82) is 0 Å². The van der Waals surface area contributed by atoms with E-state index in [0.717, 1.165) is 19.3 Å². The Morgan fingerprint density at radius 2 is 2.33 bits per heavy atom. The lowest BCUT2D eigenvalue weighted by Gasteiger charge is -2.30. The highest BCUT2D eigenvalue weighted by molar-refractivity contribution is 5.81. The lowest BCUT2D eigenvalue weighted by atomic mass is 9.99. The van der Waals surface area contributed by atoms with Crippen LogP contribution >= 0.6 is 0 Å². The maximum Gasteiger partial charge on any atom is 0.249 e. The molecule has 0 radical (unpaired) electrons. The topological polar surface area (TPSA) is 58.6 Å². The number of nitrogens with one attached hydrogen (secondary N) is 1. The van der Waals surface area contributed by atoms with Crippen LogP contribution in [0.5, 0.6) is 0 Å². The van der Waals surface area contributed by atoms with Crippen LogP contribution in [0, 0.1) is 0 Å². The molecule has 1 aliphatic heterocycles. The molecule has 0 aliphatic carbocycles. The minimum Gasteiger partial charge on any atom is -0.394 e. The van der Waals surface area contributed by atoms with Crippen molar-refractivity contribution < 1.29 is 14.6 Å². The summed E-state index contributed by atoms with van der Waals surface area (Å²) in [7, 11) is 0. The predicted molar refractivity (Wildman–Crippen MR) is 57.5 cm³/mol. The Bertz CT molecular complexity index is 208. The summed E-state index contributed by atoms with van der Waals surface area (Å²) in [4.78, 5) is 11.8. The molecule has 1 rings (SSSR count). The highest BCUT2D eigenvalue weighted by atomic mass is 16.5. The molecular weight excluding hydrogens is 194 g/mol. The van der Waals surface area contributed by atoms with E-state index >= 15 is 0 Å². The van der Waals surface area contributed by atoms with Crippen molar-refractivity contribution in [3.05, 3.63) is 0 Å². The number of ether oxygens (including phenoxy) is 1. The maximum absolute atomic E-state index is 11.8. The standard InChI is InChI=1S/C11H21NO3/c1-3-11(2,8-13)12-10(14)9-6-4-5-7-15-9/h9,13H,3-8H2,1-2H3,(H,12,14). The number of amides is 1. The first kappa shape index (κ1) is 12.5. The first-order valence-electron chi connectivity index (χ1n) is 5.66. The minimum atomic E-state index is -0.516. The molecule has 1 heterocycles. The molecule has 0 aromatic rings. The average Bonchev–Trinajstić information content (AvgIpc) is 2.30. The molecule has 1 amide bonds. The van der Waals surface area contributed by atoms with E-state index in [1.807, 2.05) is 13.8 Å². The van der Waals surface area contributed by atoms with Crippen molar-refractivity contribution >= 4 is 5.91 Å². The number of carbonyl (C=O) groups is 1. The Labute approximate surface area is 91.0 Å². The van der Waals surface area contributed by atoms with Crippen molar-refractivity contribution in [3.63, 3.8) is 0 Å². The van der Waals surface area contributed by atoms with E-state index in [1.54, 1.807) is 0 Å². The van der Waals surface area contributed by atoms with Crippen LogP contribution in [0.2, 0.25) is 0 Å². The van der Waals surface area contributed by atoms with Crippen LogP contribution in [0.4, 0.5) is 0 Å². The summed E-state index contributed by atoms with van der Waals surface area (Å²) in [5.74, 6) is -0.0897. The normalized spacial score (nSPS) is 25.7. The number of hydrogen-bond donors (Lipinski definition) is 2. The van der Waals surface area contributed by atoms with Gasteiger partial charge in [0.05, 0.1) is 12.1 Å². The molecule has 15 heavy (non-hydrogen) atoms. The Kier molecular flexibility index (Phi) is 4.54. The van der Waals surface area contributed by atoms with Crippen molar-refractivity contribution in [1.82, 2.24) is 5.32 Å². The molecule has 2 atom stereocenters. The summed E-state index contributed by atoms with van der Waals surface area (Å²) in [6.07, 6.45) is 3.25. The average molecular weight is 215 g/mol. The van der Waals surface area contributed by atoms with Crippen LogP contribution in [0.15, 0.2) is 0 Å². The van der Waals surface area contributed by atoms with E-state index < -0.39 is 5.54 Å². The molecule has 1 saturated heterocycles. The molecular formula is C11H21NO3. The Hall–Kier alpha value is -0.610. The molecule has 0 saturated carbocycles. The Balaban J connectivity index is 2.46. The molecule has 2 N–H and O–H groups in total. The molecule has 0 spiro atoms. The SMILES string of the molecule is CCC(C)(CO)NC(=O)C1CCCCO1. The summed E-state index contributed by atoms with van der Waals surface area (Å²) in [5.41, 5.74) is -0.516. The second-order valence-corrected chi connectivity index (χ2v) is 4.42. The summed E-state index contributed by atoms with van der Waals surface area (Å²) < 4.78 is 5.38. The van der Waals surface area contributed by atoms with Gasteiger partial charge in [0.1, 0.15) is 6.10 Å². The van der Waals surface area contributed by atoms with Crippen LogP contribution in [0.3, 0.4) is 0 Å². The molecule has 4 heteroatoms. The van der Waals surface area contributed by atoms with Crippen molar-refractivity contribution in [3.8, 4) is 0 Å². The van der Waals surface area contributed by atoms with Crippen LogP contribution in [0.25, 0.3) is 0 Å². The highest BCUT2D eigenvalue weighted by Gasteiger charge is 2.29. The number of aliphatic hydroxyl groups excluding tert-OH is 1. The lowest BCUT2D eigenvalue weighted by molar-refractivity contribution is -0.137. The summed E-state index contributed by atoms with van der Waals surface area (Å²) in [6.45, 7) is 4.41. The number of rotatable bonds is 4. The maximum atomic E-state index is 11.8. The van der Waals surface area contributed by atoms with Crippen LogP contribution in [-0.2, 0) is 9.53 Å². The van der Waals surface area contributed by atoms with Crippen LogP contribution in [0.1, 0.15) is 39.5 Å². The third-order valence-electron chi connectivity index (χ3n) is 3.03. The van der Waals surface area contributed by atoms with Crippen LogP contribution in [-0.4, -0.2) is 35.9 Å². The van der Waals surface area contributed by atoms with Gasteiger partial charge in [-0.2, -0.15) is 0 Å². The second kappa shape index (κ2) is 5.47. The number of aliphatic hydroxyl groups is 1. The molecule has 1 aliphatic rings. The fourth-order valence-electron chi connectivity index (χ4n) is 1.57. The third-order valence-corrected chi connectivity index (χ3v) is 3.03. The van der Waals surface area contributed by atoms with Gasteiger partial charge >= 0.3 is 0 Å². The van der Waals surface area contributed by atoms with Gasteiger partial charge in [0.25, 0.3) is 0 Å². The lowest BCUT2D eigenvalue weighted by Crippen LogP contribution is -2.52. The fraction of sp³-hybridized carbons (Fsp3) is 0.909. The van der Waals surface area contributed by atoms with Crippen molar-refractivity contribution in [2.75, 3.05) is 13.2 Å². The highest BCUT2D eigenvalue weighted by Crippen LogP contribution is 2.15. The first-order chi connectivity index (χ1) is 7.11. The number of carbonyl (C=O) groups excluding carboxylic acids is 1. The molecule has 88 valence electrons. The second-order valence-electron chi connectivity index (χ2n) is 4.42.